The minimum atomic E-state index is -0.515. The molecule has 0 saturated heterocycles. The lowest BCUT2D eigenvalue weighted by molar-refractivity contribution is -0.139. The van der Waals surface area contributed by atoms with Crippen LogP contribution in [0.1, 0.15) is 32.3 Å². The van der Waals surface area contributed by atoms with E-state index in [0.717, 1.165) is 12.8 Å². The van der Waals surface area contributed by atoms with E-state index >= 15 is 0 Å². The highest BCUT2D eigenvalue weighted by Crippen LogP contribution is 2.11. The van der Waals surface area contributed by atoms with Gasteiger partial charge >= 0.3 is 0 Å². The SMILES string of the molecule is CCOC(CCCNCc1c(F)cccc1F)OCC. The third-order valence-electron chi connectivity index (χ3n) is 2.86. The van der Waals surface area contributed by atoms with Gasteiger partial charge in [-0.25, -0.2) is 8.78 Å². The molecule has 0 fully saturated rings. The summed E-state index contributed by atoms with van der Waals surface area (Å²) < 4.78 is 37.6. The summed E-state index contributed by atoms with van der Waals surface area (Å²) in [5.74, 6) is -1.03. The second kappa shape index (κ2) is 9.80. The second-order valence-electron chi connectivity index (χ2n) is 4.36. The van der Waals surface area contributed by atoms with Gasteiger partial charge in [0.1, 0.15) is 11.6 Å². The maximum atomic E-state index is 13.4. The molecule has 0 amide bonds. The standard InChI is InChI=1S/C15H23F2NO2/c1-3-19-15(20-4-2)9-6-10-18-11-12-13(16)7-5-8-14(12)17/h5,7-8,15,18H,3-4,6,9-11H2,1-2H3. The molecule has 20 heavy (non-hydrogen) atoms. The molecule has 1 rings (SSSR count). The van der Waals surface area contributed by atoms with E-state index < -0.39 is 11.6 Å². The molecule has 114 valence electrons. The fourth-order valence-corrected chi connectivity index (χ4v) is 1.89. The van der Waals surface area contributed by atoms with E-state index in [-0.39, 0.29) is 18.4 Å². The summed E-state index contributed by atoms with van der Waals surface area (Å²) in [7, 11) is 0. The van der Waals surface area contributed by atoms with Gasteiger partial charge in [0.15, 0.2) is 6.29 Å². The van der Waals surface area contributed by atoms with Gasteiger partial charge < -0.3 is 14.8 Å². The monoisotopic (exact) mass is 287 g/mol. The van der Waals surface area contributed by atoms with Crippen LogP contribution in [0.3, 0.4) is 0 Å². The van der Waals surface area contributed by atoms with Gasteiger partial charge in [-0.05, 0) is 45.4 Å². The van der Waals surface area contributed by atoms with E-state index in [1.165, 1.54) is 18.2 Å². The molecular weight excluding hydrogens is 264 g/mol. The van der Waals surface area contributed by atoms with Crippen molar-refractivity contribution < 1.29 is 18.3 Å². The molecule has 5 heteroatoms. The van der Waals surface area contributed by atoms with Crippen molar-refractivity contribution >= 4 is 0 Å². The van der Waals surface area contributed by atoms with Gasteiger partial charge in [-0.3, -0.25) is 0 Å². The molecule has 0 aliphatic rings. The molecule has 0 aliphatic carbocycles. The Hall–Kier alpha value is -1.04. The third-order valence-corrected chi connectivity index (χ3v) is 2.86. The van der Waals surface area contributed by atoms with Crippen molar-refractivity contribution in [3.8, 4) is 0 Å². The molecule has 0 aliphatic heterocycles. The third kappa shape index (κ3) is 5.94. The largest absolute Gasteiger partial charge is 0.353 e. The van der Waals surface area contributed by atoms with Crippen LogP contribution in [0, 0.1) is 11.6 Å². The molecule has 0 aromatic heterocycles. The van der Waals surface area contributed by atoms with Gasteiger partial charge in [0, 0.05) is 25.3 Å². The molecule has 0 atom stereocenters. The highest BCUT2D eigenvalue weighted by Gasteiger charge is 2.09. The van der Waals surface area contributed by atoms with E-state index in [1.54, 1.807) is 0 Å². The van der Waals surface area contributed by atoms with Crippen molar-refractivity contribution in [3.63, 3.8) is 0 Å². The Balaban J connectivity index is 2.24. The zero-order valence-corrected chi connectivity index (χ0v) is 12.1. The highest BCUT2D eigenvalue weighted by molar-refractivity contribution is 5.19. The van der Waals surface area contributed by atoms with Gasteiger partial charge in [0.05, 0.1) is 0 Å². The fourth-order valence-electron chi connectivity index (χ4n) is 1.89. The van der Waals surface area contributed by atoms with Crippen LogP contribution < -0.4 is 5.32 Å². The van der Waals surface area contributed by atoms with Gasteiger partial charge in [-0.2, -0.15) is 0 Å². The number of benzene rings is 1. The zero-order chi connectivity index (χ0) is 14.8. The number of ether oxygens (including phenoxy) is 2. The summed E-state index contributed by atoms with van der Waals surface area (Å²) in [6, 6.07) is 3.89. The summed E-state index contributed by atoms with van der Waals surface area (Å²) in [6.45, 7) is 5.91. The number of hydrogen-bond acceptors (Lipinski definition) is 3. The summed E-state index contributed by atoms with van der Waals surface area (Å²) in [6.07, 6.45) is 1.38. The first kappa shape index (κ1) is 17.0. The Bertz CT molecular complexity index is 362. The quantitative estimate of drug-likeness (QED) is 0.529. The van der Waals surface area contributed by atoms with E-state index in [0.29, 0.717) is 19.8 Å². The molecule has 1 aromatic carbocycles. The van der Waals surface area contributed by atoms with Crippen LogP contribution in [-0.2, 0) is 16.0 Å². The first-order valence-electron chi connectivity index (χ1n) is 7.05. The first-order chi connectivity index (χ1) is 9.69. The molecule has 0 heterocycles. The van der Waals surface area contributed by atoms with Crippen molar-refractivity contribution in [1.82, 2.24) is 5.32 Å². The summed E-state index contributed by atoms with van der Waals surface area (Å²) in [5.41, 5.74) is 0.0821. The second-order valence-corrected chi connectivity index (χ2v) is 4.36. The lowest BCUT2D eigenvalue weighted by Crippen LogP contribution is -2.21. The van der Waals surface area contributed by atoms with Crippen LogP contribution >= 0.6 is 0 Å². The number of nitrogens with one attached hydrogen (secondary N) is 1. The predicted octanol–water partition coefficient (Wildman–Crippen LogP) is 3.23. The van der Waals surface area contributed by atoms with Crippen molar-refractivity contribution in [2.75, 3.05) is 19.8 Å². The zero-order valence-electron chi connectivity index (χ0n) is 12.1. The molecule has 0 radical (unpaired) electrons. The Morgan fingerprint density at radius 1 is 1.10 bits per heavy atom. The van der Waals surface area contributed by atoms with Crippen LogP contribution in [-0.4, -0.2) is 26.0 Å². The topological polar surface area (TPSA) is 30.5 Å². The lowest BCUT2D eigenvalue weighted by Gasteiger charge is -2.16. The van der Waals surface area contributed by atoms with E-state index in [1.807, 2.05) is 13.8 Å². The molecule has 1 N–H and O–H groups in total. The number of rotatable bonds is 10. The Kier molecular flexibility index (Phi) is 8.34. The average molecular weight is 287 g/mol. The van der Waals surface area contributed by atoms with E-state index in [2.05, 4.69) is 5.32 Å². The molecular formula is C15H23F2NO2. The van der Waals surface area contributed by atoms with E-state index in [4.69, 9.17) is 9.47 Å². The Labute approximate surface area is 119 Å². The summed E-state index contributed by atoms with van der Waals surface area (Å²) in [5, 5.41) is 3.03. The molecule has 0 saturated carbocycles. The van der Waals surface area contributed by atoms with Crippen molar-refractivity contribution in [1.29, 1.82) is 0 Å². The van der Waals surface area contributed by atoms with Crippen molar-refractivity contribution in [2.45, 2.75) is 39.5 Å². The normalized spacial score (nSPS) is 11.2. The van der Waals surface area contributed by atoms with Crippen LogP contribution in [0.2, 0.25) is 0 Å². The van der Waals surface area contributed by atoms with Gasteiger partial charge in [-0.15, -0.1) is 0 Å². The molecule has 1 aromatic rings. The minimum absolute atomic E-state index is 0.0821. The summed E-state index contributed by atoms with van der Waals surface area (Å²) in [4.78, 5) is 0. The lowest BCUT2D eigenvalue weighted by atomic mass is 10.2. The average Bonchev–Trinajstić information content (AvgIpc) is 2.41. The highest BCUT2D eigenvalue weighted by atomic mass is 19.1. The van der Waals surface area contributed by atoms with Crippen LogP contribution in [0.25, 0.3) is 0 Å². The van der Waals surface area contributed by atoms with Gasteiger partial charge in [-0.1, -0.05) is 6.07 Å². The maximum Gasteiger partial charge on any atom is 0.157 e. The van der Waals surface area contributed by atoms with E-state index in [9.17, 15) is 8.78 Å². The molecule has 0 spiro atoms. The number of hydrogen-bond donors (Lipinski definition) is 1. The molecule has 0 unspecified atom stereocenters. The Morgan fingerprint density at radius 2 is 1.70 bits per heavy atom. The minimum Gasteiger partial charge on any atom is -0.353 e. The maximum absolute atomic E-state index is 13.4. The summed E-state index contributed by atoms with van der Waals surface area (Å²) >= 11 is 0. The van der Waals surface area contributed by atoms with Crippen LogP contribution in [0.15, 0.2) is 18.2 Å². The molecule has 3 nitrogen and oxygen atoms in total. The fraction of sp³-hybridized carbons (Fsp3) is 0.600. The van der Waals surface area contributed by atoms with Crippen LogP contribution in [0.4, 0.5) is 8.78 Å². The predicted molar refractivity (Wildman–Crippen MR) is 74.3 cm³/mol. The number of halogens is 2. The van der Waals surface area contributed by atoms with Crippen LogP contribution in [0.5, 0.6) is 0 Å². The van der Waals surface area contributed by atoms with Crippen molar-refractivity contribution in [2.24, 2.45) is 0 Å². The van der Waals surface area contributed by atoms with Crippen molar-refractivity contribution in [3.05, 3.63) is 35.4 Å². The first-order valence-corrected chi connectivity index (χ1v) is 7.05. The Morgan fingerprint density at radius 3 is 2.25 bits per heavy atom. The van der Waals surface area contributed by atoms with Gasteiger partial charge in [0.25, 0.3) is 0 Å². The smallest absolute Gasteiger partial charge is 0.157 e. The molecule has 0 bridgehead atoms. The van der Waals surface area contributed by atoms with Gasteiger partial charge in [0.2, 0.25) is 0 Å².